The summed E-state index contributed by atoms with van der Waals surface area (Å²) in [7, 11) is 0. The SMILES string of the molecule is CC(C)[C@@H]1OCC[C@@H]1CNC(=O)c1ccoc1. The molecule has 4 heteroatoms. The molecule has 94 valence electrons. The zero-order valence-corrected chi connectivity index (χ0v) is 10.3. The lowest BCUT2D eigenvalue weighted by molar-refractivity contribution is 0.0533. The van der Waals surface area contributed by atoms with Gasteiger partial charge in [0.15, 0.2) is 0 Å². The number of carbonyl (C=O) groups excluding carboxylic acids is 1. The molecule has 2 rings (SSSR count). The molecule has 1 aromatic rings. The van der Waals surface area contributed by atoms with Crippen LogP contribution in [0.5, 0.6) is 0 Å². The van der Waals surface area contributed by atoms with Gasteiger partial charge in [0.05, 0.1) is 17.9 Å². The molecule has 1 N–H and O–H groups in total. The number of furan rings is 1. The standard InChI is InChI=1S/C13H19NO3/c1-9(2)12-10(4-6-17-12)7-14-13(15)11-3-5-16-8-11/h3,5,8-10,12H,4,6-7H2,1-2H3,(H,14,15)/t10-,12+/m1/s1. The highest BCUT2D eigenvalue weighted by molar-refractivity contribution is 5.93. The number of hydrogen-bond acceptors (Lipinski definition) is 3. The fraction of sp³-hybridized carbons (Fsp3) is 0.615. The third-order valence-electron chi connectivity index (χ3n) is 3.23. The first kappa shape index (κ1) is 12.2. The van der Waals surface area contributed by atoms with Gasteiger partial charge in [0, 0.05) is 19.1 Å². The Bertz CT molecular complexity index is 359. The highest BCUT2D eigenvalue weighted by Gasteiger charge is 2.30. The molecule has 2 heterocycles. The summed E-state index contributed by atoms with van der Waals surface area (Å²) in [6.07, 6.45) is 4.25. The van der Waals surface area contributed by atoms with E-state index in [0.29, 0.717) is 23.9 Å². The molecule has 0 saturated carbocycles. The van der Waals surface area contributed by atoms with Gasteiger partial charge in [-0.1, -0.05) is 13.8 Å². The third kappa shape index (κ3) is 2.88. The first-order valence-electron chi connectivity index (χ1n) is 6.10. The second-order valence-electron chi connectivity index (χ2n) is 4.85. The highest BCUT2D eigenvalue weighted by Crippen LogP contribution is 2.26. The van der Waals surface area contributed by atoms with E-state index in [2.05, 4.69) is 19.2 Å². The highest BCUT2D eigenvalue weighted by atomic mass is 16.5. The van der Waals surface area contributed by atoms with E-state index in [1.807, 2.05) is 0 Å². The van der Waals surface area contributed by atoms with Gasteiger partial charge in [0.2, 0.25) is 0 Å². The number of amides is 1. The molecular weight excluding hydrogens is 218 g/mol. The lowest BCUT2D eigenvalue weighted by atomic mass is 9.93. The Labute approximate surface area is 101 Å². The molecular formula is C13H19NO3. The average molecular weight is 237 g/mol. The van der Waals surface area contributed by atoms with E-state index in [1.54, 1.807) is 6.07 Å². The van der Waals surface area contributed by atoms with Crippen molar-refractivity contribution in [3.63, 3.8) is 0 Å². The van der Waals surface area contributed by atoms with E-state index in [1.165, 1.54) is 12.5 Å². The molecule has 0 unspecified atom stereocenters. The summed E-state index contributed by atoms with van der Waals surface area (Å²) < 4.78 is 10.6. The summed E-state index contributed by atoms with van der Waals surface area (Å²) in [6, 6.07) is 1.67. The van der Waals surface area contributed by atoms with Crippen LogP contribution in [0.25, 0.3) is 0 Å². The van der Waals surface area contributed by atoms with Gasteiger partial charge in [-0.05, 0) is 18.4 Å². The zero-order chi connectivity index (χ0) is 12.3. The molecule has 0 aliphatic carbocycles. The van der Waals surface area contributed by atoms with Crippen molar-refractivity contribution in [3.8, 4) is 0 Å². The normalized spacial score (nSPS) is 24.2. The number of carbonyl (C=O) groups is 1. The molecule has 1 fully saturated rings. The molecule has 0 radical (unpaired) electrons. The van der Waals surface area contributed by atoms with Gasteiger partial charge in [-0.25, -0.2) is 0 Å². The van der Waals surface area contributed by atoms with Crippen molar-refractivity contribution < 1.29 is 13.9 Å². The predicted octanol–water partition coefficient (Wildman–Crippen LogP) is 2.07. The summed E-state index contributed by atoms with van der Waals surface area (Å²) in [5.74, 6) is 0.840. The average Bonchev–Trinajstić information content (AvgIpc) is 2.96. The van der Waals surface area contributed by atoms with Crippen molar-refractivity contribution in [1.82, 2.24) is 5.32 Å². The maximum atomic E-state index is 11.7. The fourth-order valence-corrected chi connectivity index (χ4v) is 2.33. The predicted molar refractivity (Wildman–Crippen MR) is 63.7 cm³/mol. The second kappa shape index (κ2) is 5.36. The van der Waals surface area contributed by atoms with Crippen molar-refractivity contribution in [2.24, 2.45) is 11.8 Å². The van der Waals surface area contributed by atoms with Crippen LogP contribution >= 0.6 is 0 Å². The Morgan fingerprint density at radius 1 is 1.59 bits per heavy atom. The number of hydrogen-bond donors (Lipinski definition) is 1. The largest absolute Gasteiger partial charge is 0.472 e. The van der Waals surface area contributed by atoms with Crippen molar-refractivity contribution in [3.05, 3.63) is 24.2 Å². The van der Waals surface area contributed by atoms with Crippen LogP contribution in [0.1, 0.15) is 30.6 Å². The van der Waals surface area contributed by atoms with Gasteiger partial charge < -0.3 is 14.5 Å². The van der Waals surface area contributed by atoms with Crippen LogP contribution in [0.2, 0.25) is 0 Å². The number of ether oxygens (including phenoxy) is 1. The molecule has 4 nitrogen and oxygen atoms in total. The minimum atomic E-state index is -0.0758. The summed E-state index contributed by atoms with van der Waals surface area (Å²) in [6.45, 7) is 5.78. The smallest absolute Gasteiger partial charge is 0.254 e. The monoisotopic (exact) mass is 237 g/mol. The van der Waals surface area contributed by atoms with Crippen LogP contribution in [0.15, 0.2) is 23.0 Å². The molecule has 1 aliphatic heterocycles. The van der Waals surface area contributed by atoms with Gasteiger partial charge >= 0.3 is 0 Å². The minimum absolute atomic E-state index is 0.0758. The van der Waals surface area contributed by atoms with Crippen LogP contribution in [0.4, 0.5) is 0 Å². The van der Waals surface area contributed by atoms with Gasteiger partial charge in [0.1, 0.15) is 6.26 Å². The summed E-state index contributed by atoms with van der Waals surface area (Å²) in [5, 5.41) is 2.93. The van der Waals surface area contributed by atoms with Crippen LogP contribution in [-0.4, -0.2) is 25.2 Å². The van der Waals surface area contributed by atoms with Crippen molar-refractivity contribution >= 4 is 5.91 Å². The zero-order valence-electron chi connectivity index (χ0n) is 10.3. The lowest BCUT2D eigenvalue weighted by Crippen LogP contribution is -2.34. The van der Waals surface area contributed by atoms with E-state index >= 15 is 0 Å². The van der Waals surface area contributed by atoms with Crippen LogP contribution in [-0.2, 0) is 4.74 Å². The van der Waals surface area contributed by atoms with E-state index in [-0.39, 0.29) is 12.0 Å². The Morgan fingerprint density at radius 2 is 2.41 bits per heavy atom. The second-order valence-corrected chi connectivity index (χ2v) is 4.85. The van der Waals surface area contributed by atoms with Crippen LogP contribution in [0.3, 0.4) is 0 Å². The summed E-state index contributed by atoms with van der Waals surface area (Å²) >= 11 is 0. The lowest BCUT2D eigenvalue weighted by Gasteiger charge is -2.22. The van der Waals surface area contributed by atoms with Gasteiger partial charge in [-0.2, -0.15) is 0 Å². The molecule has 0 aromatic carbocycles. The van der Waals surface area contributed by atoms with Crippen molar-refractivity contribution in [2.75, 3.05) is 13.2 Å². The summed E-state index contributed by atoms with van der Waals surface area (Å²) in [5.41, 5.74) is 0.574. The number of rotatable bonds is 4. The Kier molecular flexibility index (Phi) is 3.84. The van der Waals surface area contributed by atoms with E-state index in [9.17, 15) is 4.79 Å². The molecule has 1 amide bonds. The Hall–Kier alpha value is -1.29. The van der Waals surface area contributed by atoms with Crippen LogP contribution < -0.4 is 5.32 Å². The molecule has 1 saturated heterocycles. The van der Waals surface area contributed by atoms with Gasteiger partial charge in [-0.3, -0.25) is 4.79 Å². The maximum Gasteiger partial charge on any atom is 0.254 e. The summed E-state index contributed by atoms with van der Waals surface area (Å²) in [4.78, 5) is 11.7. The Balaban J connectivity index is 1.84. The van der Waals surface area contributed by atoms with Gasteiger partial charge in [-0.15, -0.1) is 0 Å². The van der Waals surface area contributed by atoms with Crippen LogP contribution in [0, 0.1) is 11.8 Å². The van der Waals surface area contributed by atoms with Gasteiger partial charge in [0.25, 0.3) is 5.91 Å². The first-order valence-corrected chi connectivity index (χ1v) is 6.10. The molecule has 1 aromatic heterocycles. The molecule has 0 bridgehead atoms. The van der Waals surface area contributed by atoms with Crippen molar-refractivity contribution in [2.45, 2.75) is 26.4 Å². The topological polar surface area (TPSA) is 51.5 Å². The molecule has 2 atom stereocenters. The van der Waals surface area contributed by atoms with Crippen molar-refractivity contribution in [1.29, 1.82) is 0 Å². The minimum Gasteiger partial charge on any atom is -0.472 e. The van der Waals surface area contributed by atoms with E-state index in [0.717, 1.165) is 13.0 Å². The molecule has 1 aliphatic rings. The first-order chi connectivity index (χ1) is 8.18. The fourth-order valence-electron chi connectivity index (χ4n) is 2.33. The molecule has 0 spiro atoms. The third-order valence-corrected chi connectivity index (χ3v) is 3.23. The quantitative estimate of drug-likeness (QED) is 0.872. The Morgan fingerprint density at radius 3 is 3.06 bits per heavy atom. The van der Waals surface area contributed by atoms with E-state index < -0.39 is 0 Å². The van der Waals surface area contributed by atoms with E-state index in [4.69, 9.17) is 9.15 Å². The molecule has 17 heavy (non-hydrogen) atoms. The number of nitrogens with one attached hydrogen (secondary N) is 1. The maximum absolute atomic E-state index is 11.7.